The molecule has 2 heterocycles. The molecule has 0 atom stereocenters. The van der Waals surface area contributed by atoms with Gasteiger partial charge in [-0.15, -0.1) is 0 Å². The van der Waals surface area contributed by atoms with Gasteiger partial charge in [0.2, 0.25) is 0 Å². The van der Waals surface area contributed by atoms with Crippen molar-refractivity contribution in [1.82, 2.24) is 13.9 Å². The van der Waals surface area contributed by atoms with E-state index in [4.69, 9.17) is 0 Å². The number of carboxylic acid groups (broad SMARTS) is 1. The minimum Gasteiger partial charge on any atom is -0.465 e. The number of aromatic nitrogens is 2. The Balaban J connectivity index is 2.23. The molecule has 2 aromatic heterocycles. The zero-order chi connectivity index (χ0) is 25.1. The Morgan fingerprint density at radius 2 is 1.85 bits per heavy atom. The van der Waals surface area contributed by atoms with Crippen LogP contribution in [0.3, 0.4) is 0 Å². The molecule has 0 aliphatic carbocycles. The third kappa shape index (κ3) is 5.08. The van der Waals surface area contributed by atoms with E-state index in [1.54, 1.807) is 18.2 Å². The Morgan fingerprint density at radius 1 is 1.15 bits per heavy atom. The van der Waals surface area contributed by atoms with Crippen LogP contribution in [0, 0.1) is 28.1 Å². The molecule has 1 amide bonds. The zero-order valence-corrected chi connectivity index (χ0v) is 19.7. The van der Waals surface area contributed by atoms with Crippen molar-refractivity contribution < 1.29 is 18.3 Å². The van der Waals surface area contributed by atoms with E-state index in [0.29, 0.717) is 5.56 Å². The summed E-state index contributed by atoms with van der Waals surface area (Å²) < 4.78 is 28.3. The molecule has 0 bridgehead atoms. The number of benzene rings is 1. The molecule has 0 saturated heterocycles. The van der Waals surface area contributed by atoms with Crippen molar-refractivity contribution >= 4 is 16.1 Å². The van der Waals surface area contributed by atoms with E-state index in [1.165, 1.54) is 41.6 Å². The van der Waals surface area contributed by atoms with Gasteiger partial charge in [0.05, 0.1) is 17.8 Å². The molecule has 34 heavy (non-hydrogen) atoms. The lowest BCUT2D eigenvalue weighted by molar-refractivity contribution is 0.123. The average Bonchev–Trinajstić information content (AvgIpc) is 3.22. The summed E-state index contributed by atoms with van der Waals surface area (Å²) in [6.45, 7) is 5.86. The van der Waals surface area contributed by atoms with Gasteiger partial charge in [-0.05, 0) is 41.3 Å². The van der Waals surface area contributed by atoms with E-state index < -0.39 is 16.1 Å². The summed E-state index contributed by atoms with van der Waals surface area (Å²) in [6.07, 6.45) is 1.61. The predicted octanol–water partition coefficient (Wildman–Crippen LogP) is 4.06. The Bertz CT molecular complexity index is 1420. The molecule has 0 saturated carbocycles. The van der Waals surface area contributed by atoms with Crippen LogP contribution in [-0.2, 0) is 16.6 Å². The molecular weight excluding hydrogens is 454 g/mol. The molecule has 1 aromatic carbocycles. The van der Waals surface area contributed by atoms with Crippen molar-refractivity contribution in [3.63, 3.8) is 0 Å². The fourth-order valence-electron chi connectivity index (χ4n) is 3.55. The van der Waals surface area contributed by atoms with Crippen LogP contribution in [0.2, 0.25) is 0 Å². The van der Waals surface area contributed by atoms with Crippen molar-refractivity contribution in [1.29, 1.82) is 10.5 Å². The van der Waals surface area contributed by atoms with Crippen molar-refractivity contribution in [2.24, 2.45) is 5.41 Å². The minimum absolute atomic E-state index is 0.0157. The van der Waals surface area contributed by atoms with Gasteiger partial charge in [0.15, 0.2) is 0 Å². The van der Waals surface area contributed by atoms with Crippen LogP contribution in [0.5, 0.6) is 0 Å². The number of pyridine rings is 1. The van der Waals surface area contributed by atoms with E-state index in [2.05, 4.69) is 4.98 Å². The Labute approximate surface area is 198 Å². The SMILES string of the molecule is CC(C)(C)CN(Cc1cc(-c2cccnc2C#N)n(S(=O)(=O)c2ccccc2C#N)c1)C(=O)O. The van der Waals surface area contributed by atoms with Crippen LogP contribution in [0.25, 0.3) is 11.3 Å². The standard InChI is InChI=1S/C24H23N5O4S/c1-24(2,3)16-28(23(30)31)14-17-11-21(19-8-6-10-27-20(19)13-26)29(15-17)34(32,33)22-9-5-4-7-18(22)12-25/h4-11,15H,14,16H2,1-3H3,(H,30,31). The molecule has 3 rings (SSSR count). The first-order valence-electron chi connectivity index (χ1n) is 10.3. The van der Waals surface area contributed by atoms with Gasteiger partial charge in [0.1, 0.15) is 22.7 Å². The summed E-state index contributed by atoms with van der Waals surface area (Å²) in [5.74, 6) is 0. The lowest BCUT2D eigenvalue weighted by Gasteiger charge is -2.27. The monoisotopic (exact) mass is 477 g/mol. The van der Waals surface area contributed by atoms with Crippen LogP contribution in [0.15, 0.2) is 59.8 Å². The van der Waals surface area contributed by atoms with E-state index >= 15 is 0 Å². The van der Waals surface area contributed by atoms with E-state index in [-0.39, 0.29) is 45.9 Å². The zero-order valence-electron chi connectivity index (χ0n) is 18.9. The lowest BCUT2D eigenvalue weighted by atomic mass is 9.96. The number of nitrogens with zero attached hydrogens (tertiary/aromatic N) is 5. The predicted molar refractivity (Wildman–Crippen MR) is 124 cm³/mol. The number of hydrogen-bond acceptors (Lipinski definition) is 6. The summed E-state index contributed by atoms with van der Waals surface area (Å²) in [6, 6.07) is 14.3. The highest BCUT2D eigenvalue weighted by molar-refractivity contribution is 7.90. The van der Waals surface area contributed by atoms with E-state index in [0.717, 1.165) is 3.97 Å². The Kier molecular flexibility index (Phi) is 6.75. The summed E-state index contributed by atoms with van der Waals surface area (Å²) in [7, 11) is -4.26. The van der Waals surface area contributed by atoms with Gasteiger partial charge in [-0.1, -0.05) is 32.9 Å². The molecule has 0 spiro atoms. The topological polar surface area (TPSA) is 140 Å². The van der Waals surface area contributed by atoms with Gasteiger partial charge in [-0.2, -0.15) is 10.5 Å². The molecule has 0 radical (unpaired) electrons. The largest absolute Gasteiger partial charge is 0.465 e. The van der Waals surface area contributed by atoms with Gasteiger partial charge in [-0.25, -0.2) is 22.2 Å². The number of nitriles is 2. The summed E-state index contributed by atoms with van der Waals surface area (Å²) in [5.41, 5.74) is 0.490. The summed E-state index contributed by atoms with van der Waals surface area (Å²) >= 11 is 0. The van der Waals surface area contributed by atoms with Gasteiger partial charge < -0.3 is 10.0 Å². The van der Waals surface area contributed by atoms with Crippen molar-refractivity contribution in [3.8, 4) is 23.4 Å². The first-order chi connectivity index (χ1) is 16.0. The fourth-order valence-corrected chi connectivity index (χ4v) is 5.09. The first-order valence-corrected chi connectivity index (χ1v) is 11.7. The molecule has 0 unspecified atom stereocenters. The van der Waals surface area contributed by atoms with Crippen LogP contribution in [-0.4, -0.2) is 40.0 Å². The molecule has 174 valence electrons. The Morgan fingerprint density at radius 3 is 2.47 bits per heavy atom. The third-order valence-electron chi connectivity index (χ3n) is 4.89. The van der Waals surface area contributed by atoms with E-state index in [9.17, 15) is 28.8 Å². The molecule has 0 aliphatic heterocycles. The molecule has 1 N–H and O–H groups in total. The maximum Gasteiger partial charge on any atom is 0.407 e. The first kappa shape index (κ1) is 24.5. The highest BCUT2D eigenvalue weighted by Crippen LogP contribution is 2.30. The van der Waals surface area contributed by atoms with Crippen molar-refractivity contribution in [3.05, 3.63) is 71.7 Å². The van der Waals surface area contributed by atoms with Crippen LogP contribution >= 0.6 is 0 Å². The summed E-state index contributed by atoms with van der Waals surface area (Å²) in [4.78, 5) is 16.9. The van der Waals surface area contributed by atoms with Crippen molar-refractivity contribution in [2.45, 2.75) is 32.2 Å². The van der Waals surface area contributed by atoms with Gasteiger partial charge in [0.25, 0.3) is 10.0 Å². The lowest BCUT2D eigenvalue weighted by Crippen LogP contribution is -2.36. The number of amides is 1. The van der Waals surface area contributed by atoms with Gasteiger partial charge in [-0.3, -0.25) is 0 Å². The molecule has 9 nitrogen and oxygen atoms in total. The highest BCUT2D eigenvalue weighted by atomic mass is 32.2. The van der Waals surface area contributed by atoms with Crippen molar-refractivity contribution in [2.75, 3.05) is 6.54 Å². The highest BCUT2D eigenvalue weighted by Gasteiger charge is 2.27. The second kappa shape index (κ2) is 9.38. The van der Waals surface area contributed by atoms with Crippen LogP contribution in [0.4, 0.5) is 4.79 Å². The smallest absolute Gasteiger partial charge is 0.407 e. The van der Waals surface area contributed by atoms with Gasteiger partial charge in [0, 0.05) is 24.5 Å². The number of carbonyl (C=O) groups is 1. The summed E-state index contributed by atoms with van der Waals surface area (Å²) in [5, 5.41) is 28.7. The Hall–Kier alpha value is -4.15. The number of hydrogen-bond donors (Lipinski definition) is 1. The normalized spacial score (nSPS) is 11.4. The fraction of sp³-hybridized carbons (Fsp3) is 0.250. The second-order valence-corrected chi connectivity index (χ2v) is 10.6. The molecule has 3 aromatic rings. The molecule has 10 heteroatoms. The number of rotatable bonds is 6. The average molecular weight is 478 g/mol. The third-order valence-corrected chi connectivity index (χ3v) is 6.62. The second-order valence-electron chi connectivity index (χ2n) is 8.85. The van der Waals surface area contributed by atoms with Gasteiger partial charge >= 0.3 is 6.09 Å². The van der Waals surface area contributed by atoms with E-state index in [1.807, 2.05) is 32.9 Å². The maximum atomic E-state index is 13.6. The minimum atomic E-state index is -4.26. The molecule has 0 aliphatic rings. The van der Waals surface area contributed by atoms with Crippen LogP contribution < -0.4 is 0 Å². The quantitative estimate of drug-likeness (QED) is 0.564. The van der Waals surface area contributed by atoms with Crippen LogP contribution in [0.1, 0.15) is 37.6 Å². The molecule has 0 fully saturated rings. The molecular formula is C24H23N5O4S. The maximum absolute atomic E-state index is 13.6.